The molecule has 156 valence electrons. The summed E-state index contributed by atoms with van der Waals surface area (Å²) in [4.78, 5) is 8.74. The molecule has 2 aromatic rings. The SMILES string of the molecule is CN=C(NCc1ccc(OC)cc1OC)NCc1cccnc1OC1CCCC1. The van der Waals surface area contributed by atoms with Gasteiger partial charge in [-0.2, -0.15) is 0 Å². The number of nitrogens with one attached hydrogen (secondary N) is 2. The van der Waals surface area contributed by atoms with Crippen molar-refractivity contribution in [3.8, 4) is 17.4 Å². The van der Waals surface area contributed by atoms with Crippen molar-refractivity contribution < 1.29 is 14.2 Å². The van der Waals surface area contributed by atoms with E-state index in [1.165, 1.54) is 12.8 Å². The lowest BCUT2D eigenvalue weighted by atomic mass is 10.2. The standard InChI is InChI=1S/C22H30N4O3/c1-23-22(25-14-16-10-11-19(27-2)13-20(16)28-3)26-15-17-7-6-12-24-21(17)29-18-8-4-5-9-18/h6-7,10-13,18H,4-5,8-9,14-15H2,1-3H3,(H2,23,25,26). The van der Waals surface area contributed by atoms with E-state index >= 15 is 0 Å². The van der Waals surface area contributed by atoms with Crippen LogP contribution in [0.15, 0.2) is 41.5 Å². The number of pyridine rings is 1. The summed E-state index contributed by atoms with van der Waals surface area (Å²) in [6.07, 6.45) is 6.74. The van der Waals surface area contributed by atoms with E-state index in [9.17, 15) is 0 Å². The number of aromatic nitrogens is 1. The van der Waals surface area contributed by atoms with Gasteiger partial charge in [0.2, 0.25) is 5.88 Å². The summed E-state index contributed by atoms with van der Waals surface area (Å²) >= 11 is 0. The molecule has 1 fully saturated rings. The maximum atomic E-state index is 6.11. The molecule has 1 aromatic carbocycles. The van der Waals surface area contributed by atoms with E-state index in [4.69, 9.17) is 14.2 Å². The van der Waals surface area contributed by atoms with E-state index in [1.807, 2.05) is 30.3 Å². The second-order valence-corrected chi connectivity index (χ2v) is 6.95. The van der Waals surface area contributed by atoms with Gasteiger partial charge < -0.3 is 24.8 Å². The normalized spacial score (nSPS) is 14.5. The molecule has 0 bridgehead atoms. The summed E-state index contributed by atoms with van der Waals surface area (Å²) in [5, 5.41) is 6.65. The van der Waals surface area contributed by atoms with Gasteiger partial charge in [0.05, 0.1) is 14.2 Å². The molecule has 1 aromatic heterocycles. The molecule has 29 heavy (non-hydrogen) atoms. The Kier molecular flexibility index (Phi) is 7.55. The molecule has 0 atom stereocenters. The third-order valence-corrected chi connectivity index (χ3v) is 5.04. The molecule has 3 rings (SSSR count). The topological polar surface area (TPSA) is 77.0 Å². The Morgan fingerprint density at radius 2 is 1.83 bits per heavy atom. The number of methoxy groups -OCH3 is 2. The third kappa shape index (κ3) is 5.76. The molecule has 1 aliphatic rings. The predicted molar refractivity (Wildman–Crippen MR) is 114 cm³/mol. The van der Waals surface area contributed by atoms with Crippen molar-refractivity contribution >= 4 is 5.96 Å². The van der Waals surface area contributed by atoms with Crippen LogP contribution in [0.5, 0.6) is 17.4 Å². The monoisotopic (exact) mass is 398 g/mol. The van der Waals surface area contributed by atoms with Gasteiger partial charge in [0, 0.05) is 43.5 Å². The number of hydrogen-bond donors (Lipinski definition) is 2. The molecule has 1 aliphatic carbocycles. The number of aliphatic imine (C=N–C) groups is 1. The first-order valence-corrected chi connectivity index (χ1v) is 9.99. The lowest BCUT2D eigenvalue weighted by Gasteiger charge is -2.17. The van der Waals surface area contributed by atoms with Crippen LogP contribution in [0.2, 0.25) is 0 Å². The minimum Gasteiger partial charge on any atom is -0.497 e. The van der Waals surface area contributed by atoms with E-state index in [0.29, 0.717) is 24.9 Å². The number of nitrogens with zero attached hydrogens (tertiary/aromatic N) is 2. The second kappa shape index (κ2) is 10.5. The lowest BCUT2D eigenvalue weighted by Crippen LogP contribution is -2.36. The van der Waals surface area contributed by atoms with Crippen LogP contribution in [0.3, 0.4) is 0 Å². The summed E-state index contributed by atoms with van der Waals surface area (Å²) in [7, 11) is 5.04. The van der Waals surface area contributed by atoms with Crippen LogP contribution in [0.1, 0.15) is 36.8 Å². The van der Waals surface area contributed by atoms with E-state index in [-0.39, 0.29) is 6.10 Å². The van der Waals surface area contributed by atoms with Gasteiger partial charge in [-0.05, 0) is 43.9 Å². The Labute approximate surface area is 172 Å². The first kappa shape index (κ1) is 20.8. The second-order valence-electron chi connectivity index (χ2n) is 6.95. The van der Waals surface area contributed by atoms with Gasteiger partial charge in [-0.1, -0.05) is 6.07 Å². The Balaban J connectivity index is 1.57. The molecule has 0 radical (unpaired) electrons. The smallest absolute Gasteiger partial charge is 0.218 e. The zero-order valence-electron chi connectivity index (χ0n) is 17.4. The van der Waals surface area contributed by atoms with Crippen molar-refractivity contribution in [3.05, 3.63) is 47.7 Å². The highest BCUT2D eigenvalue weighted by atomic mass is 16.5. The fourth-order valence-electron chi connectivity index (χ4n) is 3.41. The quantitative estimate of drug-likeness (QED) is 0.525. The molecule has 0 unspecified atom stereocenters. The van der Waals surface area contributed by atoms with Gasteiger partial charge in [0.25, 0.3) is 0 Å². The van der Waals surface area contributed by atoms with Crippen molar-refractivity contribution in [1.29, 1.82) is 0 Å². The van der Waals surface area contributed by atoms with E-state index < -0.39 is 0 Å². The summed E-state index contributed by atoms with van der Waals surface area (Å²) in [6, 6.07) is 9.72. The average Bonchev–Trinajstić information content (AvgIpc) is 3.28. The third-order valence-electron chi connectivity index (χ3n) is 5.04. The molecule has 0 amide bonds. The first-order chi connectivity index (χ1) is 14.2. The zero-order valence-corrected chi connectivity index (χ0v) is 17.4. The molecule has 2 N–H and O–H groups in total. The Hall–Kier alpha value is -2.96. The van der Waals surface area contributed by atoms with E-state index in [2.05, 4.69) is 20.6 Å². The van der Waals surface area contributed by atoms with Gasteiger partial charge in [-0.15, -0.1) is 0 Å². The zero-order chi connectivity index (χ0) is 20.5. The highest BCUT2D eigenvalue weighted by Gasteiger charge is 2.18. The number of hydrogen-bond acceptors (Lipinski definition) is 5. The summed E-state index contributed by atoms with van der Waals surface area (Å²) in [5.41, 5.74) is 2.03. The molecule has 0 saturated heterocycles. The van der Waals surface area contributed by atoms with E-state index in [1.54, 1.807) is 27.5 Å². The predicted octanol–water partition coefficient (Wildman–Crippen LogP) is 3.29. The van der Waals surface area contributed by atoms with Crippen molar-refractivity contribution in [1.82, 2.24) is 15.6 Å². The Morgan fingerprint density at radius 1 is 1.07 bits per heavy atom. The van der Waals surface area contributed by atoms with Gasteiger partial charge in [-0.25, -0.2) is 4.98 Å². The van der Waals surface area contributed by atoms with Crippen molar-refractivity contribution in [3.63, 3.8) is 0 Å². The average molecular weight is 399 g/mol. The van der Waals surface area contributed by atoms with Gasteiger partial charge >= 0.3 is 0 Å². The van der Waals surface area contributed by atoms with Crippen LogP contribution in [0.25, 0.3) is 0 Å². The minimum atomic E-state index is 0.281. The number of ether oxygens (including phenoxy) is 3. The summed E-state index contributed by atoms with van der Waals surface area (Å²) in [5.74, 6) is 2.93. The Morgan fingerprint density at radius 3 is 2.52 bits per heavy atom. The van der Waals surface area contributed by atoms with Crippen molar-refractivity contribution in [2.45, 2.75) is 44.9 Å². The number of guanidine groups is 1. The van der Waals surface area contributed by atoms with Crippen LogP contribution in [0.4, 0.5) is 0 Å². The fraction of sp³-hybridized carbons (Fsp3) is 0.455. The molecular formula is C22H30N4O3. The maximum Gasteiger partial charge on any atom is 0.218 e. The van der Waals surface area contributed by atoms with Gasteiger partial charge in [0.15, 0.2) is 5.96 Å². The number of rotatable bonds is 8. The van der Waals surface area contributed by atoms with Gasteiger partial charge in [-0.3, -0.25) is 4.99 Å². The molecular weight excluding hydrogens is 368 g/mol. The van der Waals surface area contributed by atoms with Crippen LogP contribution < -0.4 is 24.8 Å². The summed E-state index contributed by atoms with van der Waals surface area (Å²) in [6.45, 7) is 1.15. The molecule has 7 nitrogen and oxygen atoms in total. The molecule has 0 aliphatic heterocycles. The summed E-state index contributed by atoms with van der Waals surface area (Å²) < 4.78 is 16.8. The largest absolute Gasteiger partial charge is 0.497 e. The van der Waals surface area contributed by atoms with Crippen LogP contribution in [-0.2, 0) is 13.1 Å². The highest BCUT2D eigenvalue weighted by Crippen LogP contribution is 2.25. The molecule has 1 heterocycles. The Bertz CT molecular complexity index is 819. The fourth-order valence-corrected chi connectivity index (χ4v) is 3.41. The number of benzene rings is 1. The van der Waals surface area contributed by atoms with E-state index in [0.717, 1.165) is 35.5 Å². The van der Waals surface area contributed by atoms with Crippen LogP contribution in [-0.4, -0.2) is 38.3 Å². The van der Waals surface area contributed by atoms with Crippen LogP contribution >= 0.6 is 0 Å². The lowest BCUT2D eigenvalue weighted by molar-refractivity contribution is 0.199. The molecule has 1 saturated carbocycles. The van der Waals surface area contributed by atoms with Crippen molar-refractivity contribution in [2.24, 2.45) is 4.99 Å². The maximum absolute atomic E-state index is 6.11. The van der Waals surface area contributed by atoms with Crippen LogP contribution in [0, 0.1) is 0 Å². The minimum absolute atomic E-state index is 0.281. The van der Waals surface area contributed by atoms with Gasteiger partial charge in [0.1, 0.15) is 17.6 Å². The van der Waals surface area contributed by atoms with Crippen molar-refractivity contribution in [2.75, 3.05) is 21.3 Å². The highest BCUT2D eigenvalue weighted by molar-refractivity contribution is 5.79. The molecule has 0 spiro atoms. The molecule has 7 heteroatoms. The first-order valence-electron chi connectivity index (χ1n) is 9.99.